The summed E-state index contributed by atoms with van der Waals surface area (Å²) in [6.45, 7) is 1.63. The number of anilines is 1. The maximum absolute atomic E-state index is 12.2. The molecule has 1 saturated heterocycles. The fourth-order valence-corrected chi connectivity index (χ4v) is 2.31. The highest BCUT2D eigenvalue weighted by Crippen LogP contribution is 2.25. The number of nitrogens with one attached hydrogen (secondary N) is 1. The SMILES string of the molecule is CCOC(=O)NC(=O)COC(=O)c1ccccc1N1CCCC1=O. The van der Waals surface area contributed by atoms with Gasteiger partial charge in [-0.3, -0.25) is 14.9 Å². The normalized spacial score (nSPS) is 13.5. The van der Waals surface area contributed by atoms with Gasteiger partial charge >= 0.3 is 12.1 Å². The van der Waals surface area contributed by atoms with Gasteiger partial charge in [-0.15, -0.1) is 0 Å². The van der Waals surface area contributed by atoms with Crippen LogP contribution < -0.4 is 10.2 Å². The Kier molecular flexibility index (Phi) is 5.89. The highest BCUT2D eigenvalue weighted by Gasteiger charge is 2.26. The summed E-state index contributed by atoms with van der Waals surface area (Å²) >= 11 is 0. The molecule has 3 amide bonds. The number of esters is 1. The molecule has 0 radical (unpaired) electrons. The minimum absolute atomic E-state index is 0.0599. The van der Waals surface area contributed by atoms with Crippen molar-refractivity contribution in [3.05, 3.63) is 29.8 Å². The standard InChI is InChI=1S/C16H18N2O6/c1-2-23-16(22)17-13(19)10-24-15(21)11-6-3-4-7-12(11)18-9-5-8-14(18)20/h3-4,6-7H,2,5,8-10H2,1H3,(H,17,19,22). The molecule has 0 unspecified atom stereocenters. The molecule has 1 aliphatic rings. The molecule has 0 aliphatic carbocycles. The van der Waals surface area contributed by atoms with Gasteiger partial charge in [0, 0.05) is 13.0 Å². The van der Waals surface area contributed by atoms with E-state index in [-0.39, 0.29) is 18.1 Å². The van der Waals surface area contributed by atoms with Gasteiger partial charge in [-0.2, -0.15) is 0 Å². The number of carbonyl (C=O) groups excluding carboxylic acids is 4. The van der Waals surface area contributed by atoms with Gasteiger partial charge in [0.1, 0.15) is 0 Å². The first-order valence-corrected chi connectivity index (χ1v) is 7.56. The molecule has 1 fully saturated rings. The van der Waals surface area contributed by atoms with Crippen LogP contribution in [-0.4, -0.2) is 43.6 Å². The number of para-hydroxylation sites is 1. The van der Waals surface area contributed by atoms with E-state index in [0.29, 0.717) is 18.7 Å². The Morgan fingerprint density at radius 1 is 1.21 bits per heavy atom. The van der Waals surface area contributed by atoms with Crippen molar-refractivity contribution >= 4 is 29.6 Å². The Morgan fingerprint density at radius 3 is 2.62 bits per heavy atom. The van der Waals surface area contributed by atoms with Crippen LogP contribution >= 0.6 is 0 Å². The number of rotatable bonds is 5. The first-order chi connectivity index (χ1) is 11.5. The third-order valence-electron chi connectivity index (χ3n) is 3.34. The van der Waals surface area contributed by atoms with Crippen LogP contribution in [0.1, 0.15) is 30.1 Å². The van der Waals surface area contributed by atoms with Crippen LogP contribution in [0.4, 0.5) is 10.5 Å². The van der Waals surface area contributed by atoms with Crippen molar-refractivity contribution < 1.29 is 28.7 Å². The second kappa shape index (κ2) is 8.09. The largest absolute Gasteiger partial charge is 0.452 e. The summed E-state index contributed by atoms with van der Waals surface area (Å²) in [5.74, 6) is -1.60. The van der Waals surface area contributed by atoms with Gasteiger partial charge in [-0.05, 0) is 25.5 Å². The second-order valence-corrected chi connectivity index (χ2v) is 5.01. The summed E-state index contributed by atoms with van der Waals surface area (Å²) in [5.41, 5.74) is 0.646. The molecule has 1 aliphatic heterocycles. The average molecular weight is 334 g/mol. The van der Waals surface area contributed by atoms with Crippen molar-refractivity contribution in [3.8, 4) is 0 Å². The molecule has 8 nitrogen and oxygen atoms in total. The molecule has 0 saturated carbocycles. The fraction of sp³-hybridized carbons (Fsp3) is 0.375. The van der Waals surface area contributed by atoms with Crippen molar-refractivity contribution in [3.63, 3.8) is 0 Å². The molecule has 8 heteroatoms. The van der Waals surface area contributed by atoms with Crippen LogP contribution in [0.25, 0.3) is 0 Å². The Morgan fingerprint density at radius 2 is 1.96 bits per heavy atom. The monoisotopic (exact) mass is 334 g/mol. The third kappa shape index (κ3) is 4.31. The van der Waals surface area contributed by atoms with Crippen molar-refractivity contribution in [2.45, 2.75) is 19.8 Å². The maximum Gasteiger partial charge on any atom is 0.413 e. The Bertz CT molecular complexity index is 658. The zero-order valence-corrected chi connectivity index (χ0v) is 13.2. The molecule has 0 aromatic heterocycles. The van der Waals surface area contributed by atoms with E-state index in [1.807, 2.05) is 5.32 Å². The van der Waals surface area contributed by atoms with E-state index in [4.69, 9.17) is 4.74 Å². The number of hydrogen-bond acceptors (Lipinski definition) is 6. The average Bonchev–Trinajstić information content (AvgIpc) is 2.98. The number of carbonyl (C=O) groups is 4. The Hall–Kier alpha value is -2.90. The molecule has 24 heavy (non-hydrogen) atoms. The van der Waals surface area contributed by atoms with Crippen LogP contribution in [0, 0.1) is 0 Å². The van der Waals surface area contributed by atoms with Crippen LogP contribution in [0.15, 0.2) is 24.3 Å². The van der Waals surface area contributed by atoms with Gasteiger partial charge in [0.05, 0.1) is 17.9 Å². The van der Waals surface area contributed by atoms with Crippen molar-refractivity contribution in [1.82, 2.24) is 5.32 Å². The van der Waals surface area contributed by atoms with E-state index < -0.39 is 24.6 Å². The molecule has 0 spiro atoms. The minimum Gasteiger partial charge on any atom is -0.452 e. The Balaban J connectivity index is 1.99. The lowest BCUT2D eigenvalue weighted by molar-refractivity contribution is -0.123. The van der Waals surface area contributed by atoms with E-state index in [2.05, 4.69) is 4.74 Å². The molecular formula is C16H18N2O6. The van der Waals surface area contributed by atoms with E-state index in [9.17, 15) is 19.2 Å². The zero-order valence-electron chi connectivity index (χ0n) is 13.2. The highest BCUT2D eigenvalue weighted by molar-refractivity contribution is 6.04. The van der Waals surface area contributed by atoms with E-state index in [1.54, 1.807) is 25.1 Å². The number of hydrogen-bond donors (Lipinski definition) is 1. The number of alkyl carbamates (subject to hydrolysis) is 1. The third-order valence-corrected chi connectivity index (χ3v) is 3.34. The fourth-order valence-electron chi connectivity index (χ4n) is 2.31. The molecule has 1 heterocycles. The minimum atomic E-state index is -0.901. The van der Waals surface area contributed by atoms with Crippen LogP contribution in [0.2, 0.25) is 0 Å². The summed E-state index contributed by atoms with van der Waals surface area (Å²) in [6.07, 6.45) is 0.261. The second-order valence-electron chi connectivity index (χ2n) is 5.01. The number of ether oxygens (including phenoxy) is 2. The summed E-state index contributed by atoms with van der Waals surface area (Å²) in [6, 6.07) is 6.52. The highest BCUT2D eigenvalue weighted by atomic mass is 16.6. The zero-order chi connectivity index (χ0) is 17.5. The maximum atomic E-state index is 12.2. The van der Waals surface area contributed by atoms with Crippen LogP contribution in [0.5, 0.6) is 0 Å². The van der Waals surface area contributed by atoms with E-state index in [0.717, 1.165) is 6.42 Å². The van der Waals surface area contributed by atoms with Gasteiger partial charge in [0.2, 0.25) is 5.91 Å². The van der Waals surface area contributed by atoms with Crippen molar-refractivity contribution in [1.29, 1.82) is 0 Å². The van der Waals surface area contributed by atoms with E-state index in [1.165, 1.54) is 11.0 Å². The van der Waals surface area contributed by atoms with Crippen molar-refractivity contribution in [2.24, 2.45) is 0 Å². The predicted octanol–water partition coefficient (Wildman–Crippen LogP) is 1.24. The number of imide groups is 1. The number of amides is 3. The van der Waals surface area contributed by atoms with Crippen molar-refractivity contribution in [2.75, 3.05) is 24.7 Å². The quantitative estimate of drug-likeness (QED) is 0.813. The van der Waals surface area contributed by atoms with E-state index >= 15 is 0 Å². The topological polar surface area (TPSA) is 102 Å². The molecule has 128 valence electrons. The van der Waals surface area contributed by atoms with Gasteiger partial charge in [0.25, 0.3) is 5.91 Å². The summed E-state index contributed by atoms with van der Waals surface area (Å²) < 4.78 is 9.45. The number of benzene rings is 1. The lowest BCUT2D eigenvalue weighted by Gasteiger charge is -2.18. The molecule has 0 atom stereocenters. The van der Waals surface area contributed by atoms with Gasteiger partial charge in [-0.1, -0.05) is 12.1 Å². The molecule has 0 bridgehead atoms. The molecule has 2 rings (SSSR count). The van der Waals surface area contributed by atoms with Gasteiger partial charge in [-0.25, -0.2) is 9.59 Å². The number of nitrogens with zero attached hydrogens (tertiary/aromatic N) is 1. The van der Waals surface area contributed by atoms with Crippen LogP contribution in [0.3, 0.4) is 0 Å². The Labute approximate surface area is 138 Å². The summed E-state index contributed by atoms with van der Waals surface area (Å²) in [7, 11) is 0. The first-order valence-electron chi connectivity index (χ1n) is 7.56. The molecular weight excluding hydrogens is 316 g/mol. The van der Waals surface area contributed by atoms with Gasteiger partial charge in [0.15, 0.2) is 6.61 Å². The molecule has 1 N–H and O–H groups in total. The van der Waals surface area contributed by atoms with Crippen LogP contribution in [-0.2, 0) is 19.1 Å². The summed E-state index contributed by atoms with van der Waals surface area (Å²) in [4.78, 5) is 48.2. The molecule has 1 aromatic rings. The molecule has 1 aromatic carbocycles. The first kappa shape index (κ1) is 17.5. The smallest absolute Gasteiger partial charge is 0.413 e. The lowest BCUT2D eigenvalue weighted by atomic mass is 10.1. The summed E-state index contributed by atoms with van der Waals surface area (Å²) in [5, 5.41) is 1.92. The predicted molar refractivity (Wildman–Crippen MR) is 83.5 cm³/mol. The van der Waals surface area contributed by atoms with Gasteiger partial charge < -0.3 is 14.4 Å². The lowest BCUT2D eigenvalue weighted by Crippen LogP contribution is -2.34.